The molecule has 1 rings (SSSR count). The SMILES string of the molecule is Cc1ccc(C)c(C(=O)NC(C(N)=NO)C(C)C)c1. The van der Waals surface area contributed by atoms with Crippen molar-refractivity contribution in [2.75, 3.05) is 0 Å². The lowest BCUT2D eigenvalue weighted by molar-refractivity contribution is 0.0938. The fraction of sp³-hybridized carbons (Fsp3) is 0.429. The molecule has 0 spiro atoms. The van der Waals surface area contributed by atoms with E-state index in [1.54, 1.807) is 0 Å². The van der Waals surface area contributed by atoms with Crippen LogP contribution in [0.2, 0.25) is 0 Å². The first-order valence-corrected chi connectivity index (χ1v) is 6.22. The quantitative estimate of drug-likeness (QED) is 0.335. The molecule has 1 atom stereocenters. The number of benzene rings is 1. The normalized spacial score (nSPS) is 13.4. The Labute approximate surface area is 113 Å². The van der Waals surface area contributed by atoms with Gasteiger partial charge in [-0.2, -0.15) is 0 Å². The smallest absolute Gasteiger partial charge is 0.252 e. The maximum atomic E-state index is 12.2. The molecule has 104 valence electrons. The lowest BCUT2D eigenvalue weighted by atomic mass is 10.0. The van der Waals surface area contributed by atoms with Crippen molar-refractivity contribution in [2.24, 2.45) is 16.8 Å². The fourth-order valence-corrected chi connectivity index (χ4v) is 1.84. The Bertz CT molecular complexity index is 495. The van der Waals surface area contributed by atoms with Gasteiger partial charge in [0.2, 0.25) is 0 Å². The standard InChI is InChI=1S/C14H21N3O2/c1-8(2)12(13(15)17-19)16-14(18)11-7-9(3)5-6-10(11)4/h5-8,12,19H,1-4H3,(H2,15,17)(H,16,18). The Morgan fingerprint density at radius 2 is 2.00 bits per heavy atom. The van der Waals surface area contributed by atoms with Gasteiger partial charge in [-0.05, 0) is 31.4 Å². The van der Waals surface area contributed by atoms with Gasteiger partial charge in [-0.25, -0.2) is 0 Å². The summed E-state index contributed by atoms with van der Waals surface area (Å²) in [7, 11) is 0. The highest BCUT2D eigenvalue weighted by molar-refractivity contribution is 5.99. The predicted molar refractivity (Wildman–Crippen MR) is 75.4 cm³/mol. The number of amidine groups is 1. The number of nitrogens with zero attached hydrogens (tertiary/aromatic N) is 1. The monoisotopic (exact) mass is 263 g/mol. The molecule has 1 unspecified atom stereocenters. The van der Waals surface area contributed by atoms with E-state index in [0.717, 1.165) is 11.1 Å². The zero-order valence-corrected chi connectivity index (χ0v) is 11.8. The van der Waals surface area contributed by atoms with E-state index >= 15 is 0 Å². The summed E-state index contributed by atoms with van der Waals surface area (Å²) in [6.45, 7) is 7.60. The van der Waals surface area contributed by atoms with Crippen LogP contribution < -0.4 is 11.1 Å². The number of hydrogen-bond donors (Lipinski definition) is 3. The molecule has 19 heavy (non-hydrogen) atoms. The van der Waals surface area contributed by atoms with E-state index in [9.17, 15) is 4.79 Å². The van der Waals surface area contributed by atoms with Gasteiger partial charge in [0.25, 0.3) is 5.91 Å². The second-order valence-corrected chi connectivity index (χ2v) is 5.04. The highest BCUT2D eigenvalue weighted by atomic mass is 16.4. The molecule has 1 amide bonds. The highest BCUT2D eigenvalue weighted by Gasteiger charge is 2.22. The Morgan fingerprint density at radius 1 is 1.37 bits per heavy atom. The van der Waals surface area contributed by atoms with Gasteiger partial charge in [-0.3, -0.25) is 4.79 Å². The van der Waals surface area contributed by atoms with E-state index in [1.807, 2.05) is 45.9 Å². The van der Waals surface area contributed by atoms with E-state index in [2.05, 4.69) is 10.5 Å². The number of carbonyl (C=O) groups is 1. The molecule has 4 N–H and O–H groups in total. The molecule has 1 aromatic carbocycles. The van der Waals surface area contributed by atoms with E-state index < -0.39 is 6.04 Å². The van der Waals surface area contributed by atoms with Crippen LogP contribution in [0, 0.1) is 19.8 Å². The Hall–Kier alpha value is -2.04. The van der Waals surface area contributed by atoms with Gasteiger partial charge in [0.05, 0.1) is 6.04 Å². The molecular formula is C14H21N3O2. The van der Waals surface area contributed by atoms with Crippen LogP contribution in [0.15, 0.2) is 23.4 Å². The van der Waals surface area contributed by atoms with Crippen molar-refractivity contribution >= 4 is 11.7 Å². The third-order valence-corrected chi connectivity index (χ3v) is 3.03. The minimum atomic E-state index is -0.489. The Morgan fingerprint density at radius 3 is 2.53 bits per heavy atom. The van der Waals surface area contributed by atoms with Crippen molar-refractivity contribution in [3.8, 4) is 0 Å². The van der Waals surface area contributed by atoms with Gasteiger partial charge in [-0.15, -0.1) is 0 Å². The molecule has 0 saturated heterocycles. The molecule has 0 aliphatic carbocycles. The number of hydrogen-bond acceptors (Lipinski definition) is 3. The number of rotatable bonds is 4. The minimum Gasteiger partial charge on any atom is -0.409 e. The maximum Gasteiger partial charge on any atom is 0.252 e. The van der Waals surface area contributed by atoms with Crippen LogP contribution in [0.1, 0.15) is 35.3 Å². The molecule has 1 aromatic rings. The highest BCUT2D eigenvalue weighted by Crippen LogP contribution is 2.12. The van der Waals surface area contributed by atoms with Crippen LogP contribution in [0.5, 0.6) is 0 Å². The summed E-state index contributed by atoms with van der Waals surface area (Å²) in [6, 6.07) is 5.19. The second kappa shape index (κ2) is 6.22. The van der Waals surface area contributed by atoms with Crippen LogP contribution in [0.3, 0.4) is 0 Å². The van der Waals surface area contributed by atoms with Crippen molar-refractivity contribution in [3.63, 3.8) is 0 Å². The van der Waals surface area contributed by atoms with Gasteiger partial charge in [0.15, 0.2) is 5.84 Å². The Kier molecular flexibility index (Phi) is 4.92. The van der Waals surface area contributed by atoms with Crippen LogP contribution in [0.25, 0.3) is 0 Å². The number of nitrogens with one attached hydrogen (secondary N) is 1. The van der Waals surface area contributed by atoms with Crippen molar-refractivity contribution in [3.05, 3.63) is 34.9 Å². The van der Waals surface area contributed by atoms with Gasteiger partial charge >= 0.3 is 0 Å². The van der Waals surface area contributed by atoms with Crippen LogP contribution in [0.4, 0.5) is 0 Å². The molecule has 0 heterocycles. The summed E-state index contributed by atoms with van der Waals surface area (Å²) in [6.07, 6.45) is 0. The van der Waals surface area contributed by atoms with E-state index in [0.29, 0.717) is 5.56 Å². The number of oxime groups is 1. The van der Waals surface area contributed by atoms with E-state index in [4.69, 9.17) is 10.9 Å². The maximum absolute atomic E-state index is 12.2. The minimum absolute atomic E-state index is 0.00801. The number of aryl methyl sites for hydroxylation is 2. The molecule has 0 saturated carbocycles. The fourth-order valence-electron chi connectivity index (χ4n) is 1.84. The average molecular weight is 263 g/mol. The van der Waals surface area contributed by atoms with Crippen molar-refractivity contribution in [2.45, 2.75) is 33.7 Å². The molecular weight excluding hydrogens is 242 g/mol. The van der Waals surface area contributed by atoms with Crippen LogP contribution in [-0.4, -0.2) is 23.0 Å². The molecule has 0 aromatic heterocycles. The third-order valence-electron chi connectivity index (χ3n) is 3.03. The lowest BCUT2D eigenvalue weighted by Crippen LogP contribution is -2.48. The molecule has 0 aliphatic heterocycles. The van der Waals surface area contributed by atoms with Gasteiger partial charge in [0, 0.05) is 5.56 Å². The van der Waals surface area contributed by atoms with Crippen molar-refractivity contribution < 1.29 is 10.0 Å². The lowest BCUT2D eigenvalue weighted by Gasteiger charge is -2.21. The first kappa shape index (κ1) is 15.0. The third kappa shape index (κ3) is 3.71. The number of carbonyl (C=O) groups excluding carboxylic acids is 1. The summed E-state index contributed by atoms with van der Waals surface area (Å²) < 4.78 is 0. The number of amides is 1. The predicted octanol–water partition coefficient (Wildman–Crippen LogP) is 1.80. The second-order valence-electron chi connectivity index (χ2n) is 5.04. The molecule has 5 heteroatoms. The number of nitrogens with two attached hydrogens (primary N) is 1. The largest absolute Gasteiger partial charge is 0.409 e. The Balaban J connectivity index is 2.97. The molecule has 0 radical (unpaired) electrons. The van der Waals surface area contributed by atoms with Gasteiger partial charge in [0.1, 0.15) is 0 Å². The first-order valence-electron chi connectivity index (χ1n) is 6.22. The summed E-state index contributed by atoms with van der Waals surface area (Å²) in [5, 5.41) is 14.5. The zero-order chi connectivity index (χ0) is 14.6. The topological polar surface area (TPSA) is 87.7 Å². The molecule has 5 nitrogen and oxygen atoms in total. The first-order chi connectivity index (χ1) is 8.86. The van der Waals surface area contributed by atoms with Gasteiger partial charge in [-0.1, -0.05) is 36.7 Å². The summed E-state index contributed by atoms with van der Waals surface area (Å²) in [4.78, 5) is 12.2. The molecule has 0 aliphatic rings. The van der Waals surface area contributed by atoms with Crippen LogP contribution >= 0.6 is 0 Å². The van der Waals surface area contributed by atoms with Crippen molar-refractivity contribution in [1.82, 2.24) is 5.32 Å². The van der Waals surface area contributed by atoms with E-state index in [-0.39, 0.29) is 17.7 Å². The van der Waals surface area contributed by atoms with Crippen LogP contribution in [-0.2, 0) is 0 Å². The zero-order valence-electron chi connectivity index (χ0n) is 11.8. The summed E-state index contributed by atoms with van der Waals surface area (Å²) in [5.41, 5.74) is 8.11. The molecule has 0 bridgehead atoms. The summed E-state index contributed by atoms with van der Waals surface area (Å²) >= 11 is 0. The van der Waals surface area contributed by atoms with Gasteiger partial charge < -0.3 is 16.3 Å². The van der Waals surface area contributed by atoms with Crippen molar-refractivity contribution in [1.29, 1.82) is 0 Å². The summed E-state index contributed by atoms with van der Waals surface area (Å²) in [5.74, 6) is -0.176. The average Bonchev–Trinajstić information content (AvgIpc) is 2.37. The van der Waals surface area contributed by atoms with E-state index in [1.165, 1.54) is 0 Å². The molecule has 0 fully saturated rings.